The van der Waals surface area contributed by atoms with E-state index < -0.39 is 0 Å². The molecule has 1 aliphatic heterocycles. The summed E-state index contributed by atoms with van der Waals surface area (Å²) < 4.78 is 2.22. The molecule has 0 aliphatic carbocycles. The SMILES string of the molecule is CCCCCC(C)(C)CNC(=NC)NCc1nnc2n1CCC2. The van der Waals surface area contributed by atoms with Crippen molar-refractivity contribution in [3.05, 3.63) is 11.6 Å². The highest BCUT2D eigenvalue weighted by molar-refractivity contribution is 5.79. The summed E-state index contributed by atoms with van der Waals surface area (Å²) in [5.74, 6) is 2.95. The molecule has 0 radical (unpaired) electrons. The average molecular weight is 320 g/mol. The number of nitrogens with one attached hydrogen (secondary N) is 2. The van der Waals surface area contributed by atoms with Crippen molar-refractivity contribution < 1.29 is 0 Å². The van der Waals surface area contributed by atoms with Crippen LogP contribution in [0, 0.1) is 5.41 Å². The molecule has 0 bridgehead atoms. The third-order valence-electron chi connectivity index (χ3n) is 4.52. The zero-order valence-corrected chi connectivity index (χ0v) is 15.2. The Hall–Kier alpha value is -1.59. The number of fused-ring (bicyclic) bond motifs is 1. The standard InChI is InChI=1S/C17H32N6/c1-5-6-7-10-17(2,3)13-20-16(18-4)19-12-15-22-21-14-9-8-11-23(14)15/h5-13H2,1-4H3,(H2,18,19,20). The van der Waals surface area contributed by atoms with Crippen molar-refractivity contribution in [1.29, 1.82) is 0 Å². The van der Waals surface area contributed by atoms with Crippen molar-refractivity contribution in [2.75, 3.05) is 13.6 Å². The lowest BCUT2D eigenvalue weighted by atomic mass is 9.87. The van der Waals surface area contributed by atoms with Gasteiger partial charge in [0.1, 0.15) is 5.82 Å². The van der Waals surface area contributed by atoms with Gasteiger partial charge in [0.25, 0.3) is 0 Å². The highest BCUT2D eigenvalue weighted by Crippen LogP contribution is 2.22. The average Bonchev–Trinajstić information content (AvgIpc) is 3.11. The summed E-state index contributed by atoms with van der Waals surface area (Å²) in [7, 11) is 1.81. The smallest absolute Gasteiger partial charge is 0.191 e. The van der Waals surface area contributed by atoms with Crippen LogP contribution in [-0.2, 0) is 19.5 Å². The Morgan fingerprint density at radius 1 is 1.26 bits per heavy atom. The van der Waals surface area contributed by atoms with Crippen LogP contribution in [0.25, 0.3) is 0 Å². The van der Waals surface area contributed by atoms with E-state index in [0.717, 1.165) is 37.1 Å². The zero-order chi connectivity index (χ0) is 16.7. The predicted molar refractivity (Wildman–Crippen MR) is 94.5 cm³/mol. The van der Waals surface area contributed by atoms with Crippen LogP contribution < -0.4 is 10.6 Å². The Bertz CT molecular complexity index is 517. The summed E-state index contributed by atoms with van der Waals surface area (Å²) in [6.45, 7) is 9.51. The Kier molecular flexibility index (Phi) is 6.42. The van der Waals surface area contributed by atoms with E-state index in [-0.39, 0.29) is 5.41 Å². The van der Waals surface area contributed by atoms with E-state index in [1.165, 1.54) is 32.1 Å². The number of hydrogen-bond acceptors (Lipinski definition) is 3. The van der Waals surface area contributed by atoms with Crippen molar-refractivity contribution in [2.45, 2.75) is 72.4 Å². The maximum absolute atomic E-state index is 4.32. The van der Waals surface area contributed by atoms with Gasteiger partial charge in [0, 0.05) is 26.6 Å². The quantitative estimate of drug-likeness (QED) is 0.439. The number of nitrogens with zero attached hydrogens (tertiary/aromatic N) is 4. The number of aryl methyl sites for hydroxylation is 1. The molecular formula is C17H32N6. The molecule has 2 N–H and O–H groups in total. The van der Waals surface area contributed by atoms with E-state index in [1.54, 1.807) is 0 Å². The van der Waals surface area contributed by atoms with Crippen LogP contribution in [0.5, 0.6) is 0 Å². The van der Waals surface area contributed by atoms with E-state index in [4.69, 9.17) is 0 Å². The van der Waals surface area contributed by atoms with Crippen LogP contribution in [0.1, 0.15) is 64.5 Å². The van der Waals surface area contributed by atoms with Gasteiger partial charge in [-0.3, -0.25) is 4.99 Å². The third kappa shape index (κ3) is 5.22. The molecule has 23 heavy (non-hydrogen) atoms. The van der Waals surface area contributed by atoms with Crippen LogP contribution >= 0.6 is 0 Å². The number of rotatable bonds is 8. The highest BCUT2D eigenvalue weighted by atomic mass is 15.3. The fourth-order valence-electron chi connectivity index (χ4n) is 2.99. The molecule has 0 saturated heterocycles. The van der Waals surface area contributed by atoms with Gasteiger partial charge in [-0.05, 0) is 18.3 Å². The summed E-state index contributed by atoms with van der Waals surface area (Å²) >= 11 is 0. The van der Waals surface area contributed by atoms with Gasteiger partial charge in [-0.15, -0.1) is 10.2 Å². The van der Waals surface area contributed by atoms with E-state index in [1.807, 2.05) is 7.05 Å². The first kappa shape index (κ1) is 17.8. The number of unbranched alkanes of at least 4 members (excludes halogenated alkanes) is 2. The molecule has 0 saturated carbocycles. The second kappa shape index (κ2) is 8.31. The van der Waals surface area contributed by atoms with Gasteiger partial charge in [-0.2, -0.15) is 0 Å². The Balaban J connectivity index is 1.77. The molecule has 2 rings (SSSR count). The van der Waals surface area contributed by atoms with E-state index in [2.05, 4.69) is 51.2 Å². The first-order valence-corrected chi connectivity index (χ1v) is 8.91. The van der Waals surface area contributed by atoms with Crippen LogP contribution in [0.3, 0.4) is 0 Å². The molecule has 0 fully saturated rings. The van der Waals surface area contributed by atoms with Crippen LogP contribution in [-0.4, -0.2) is 34.3 Å². The number of aliphatic imine (C=N–C) groups is 1. The lowest BCUT2D eigenvalue weighted by Crippen LogP contribution is -2.42. The van der Waals surface area contributed by atoms with Crippen LogP contribution in [0.4, 0.5) is 0 Å². The molecule has 130 valence electrons. The molecule has 0 amide bonds. The molecule has 2 heterocycles. The third-order valence-corrected chi connectivity index (χ3v) is 4.52. The predicted octanol–water partition coefficient (Wildman–Crippen LogP) is 2.50. The first-order valence-electron chi connectivity index (χ1n) is 8.91. The van der Waals surface area contributed by atoms with Crippen molar-refractivity contribution in [3.8, 4) is 0 Å². The van der Waals surface area contributed by atoms with Crippen LogP contribution in [0.2, 0.25) is 0 Å². The normalized spacial score (nSPS) is 14.9. The van der Waals surface area contributed by atoms with Gasteiger partial charge < -0.3 is 15.2 Å². The maximum Gasteiger partial charge on any atom is 0.191 e. The van der Waals surface area contributed by atoms with Gasteiger partial charge in [-0.25, -0.2) is 0 Å². The summed E-state index contributed by atoms with van der Waals surface area (Å²) in [4.78, 5) is 4.32. The number of guanidine groups is 1. The molecule has 1 aromatic heterocycles. The molecule has 1 aliphatic rings. The van der Waals surface area contributed by atoms with Gasteiger partial charge in [0.15, 0.2) is 11.8 Å². The van der Waals surface area contributed by atoms with Gasteiger partial charge in [0.2, 0.25) is 0 Å². The Labute approximate surface area is 140 Å². The fraction of sp³-hybridized carbons (Fsp3) is 0.824. The molecule has 0 atom stereocenters. The van der Waals surface area contributed by atoms with E-state index >= 15 is 0 Å². The van der Waals surface area contributed by atoms with Crippen LogP contribution in [0.15, 0.2) is 4.99 Å². The summed E-state index contributed by atoms with van der Waals surface area (Å²) in [6.07, 6.45) is 7.35. The minimum absolute atomic E-state index is 0.281. The molecule has 0 spiro atoms. The minimum atomic E-state index is 0.281. The zero-order valence-electron chi connectivity index (χ0n) is 15.2. The first-order chi connectivity index (χ1) is 11.1. The van der Waals surface area contributed by atoms with Gasteiger partial charge >= 0.3 is 0 Å². The maximum atomic E-state index is 4.32. The topological polar surface area (TPSA) is 67.1 Å². The summed E-state index contributed by atoms with van der Waals surface area (Å²) in [5, 5.41) is 15.3. The molecule has 0 aromatic carbocycles. The molecule has 1 aromatic rings. The second-order valence-corrected chi connectivity index (χ2v) is 7.19. The summed E-state index contributed by atoms with van der Waals surface area (Å²) in [6, 6.07) is 0. The Morgan fingerprint density at radius 2 is 2.09 bits per heavy atom. The highest BCUT2D eigenvalue weighted by Gasteiger charge is 2.19. The van der Waals surface area contributed by atoms with Crippen molar-refractivity contribution >= 4 is 5.96 Å². The molecule has 0 unspecified atom stereocenters. The lowest BCUT2D eigenvalue weighted by molar-refractivity contribution is 0.318. The minimum Gasteiger partial charge on any atom is -0.356 e. The molecular weight excluding hydrogens is 288 g/mol. The van der Waals surface area contributed by atoms with E-state index in [9.17, 15) is 0 Å². The second-order valence-electron chi connectivity index (χ2n) is 7.19. The summed E-state index contributed by atoms with van der Waals surface area (Å²) in [5.41, 5.74) is 0.281. The number of hydrogen-bond donors (Lipinski definition) is 2. The van der Waals surface area contributed by atoms with Gasteiger partial charge in [0.05, 0.1) is 6.54 Å². The largest absolute Gasteiger partial charge is 0.356 e. The number of aromatic nitrogens is 3. The monoisotopic (exact) mass is 320 g/mol. The Morgan fingerprint density at radius 3 is 2.83 bits per heavy atom. The van der Waals surface area contributed by atoms with Crippen molar-refractivity contribution in [1.82, 2.24) is 25.4 Å². The van der Waals surface area contributed by atoms with Crippen molar-refractivity contribution in [2.24, 2.45) is 10.4 Å². The fourth-order valence-corrected chi connectivity index (χ4v) is 2.99. The van der Waals surface area contributed by atoms with Crippen molar-refractivity contribution in [3.63, 3.8) is 0 Å². The molecule has 6 heteroatoms. The van der Waals surface area contributed by atoms with E-state index in [0.29, 0.717) is 6.54 Å². The lowest BCUT2D eigenvalue weighted by Gasteiger charge is -2.26. The van der Waals surface area contributed by atoms with Gasteiger partial charge in [-0.1, -0.05) is 40.0 Å². The molecule has 6 nitrogen and oxygen atoms in total.